The largest absolute Gasteiger partial charge is 0.502 e. The topological polar surface area (TPSA) is 168 Å². The van der Waals surface area contributed by atoms with Gasteiger partial charge in [0.2, 0.25) is 16.9 Å². The zero-order valence-electron chi connectivity index (χ0n) is 31.1. The second kappa shape index (κ2) is 15.8. The molecule has 14 heteroatoms. The van der Waals surface area contributed by atoms with E-state index >= 15 is 0 Å². The first-order valence-electron chi connectivity index (χ1n) is 17.0. The van der Waals surface area contributed by atoms with Crippen LogP contribution >= 0.6 is 0 Å². The predicted octanol–water partition coefficient (Wildman–Crippen LogP) is 5.08. The number of fused-ring (bicyclic) bond motifs is 2. The molecule has 6 rings (SSSR count). The minimum Gasteiger partial charge on any atom is -0.502 e. The lowest BCUT2D eigenvalue weighted by molar-refractivity contribution is -0.140. The van der Waals surface area contributed by atoms with Gasteiger partial charge in [-0.25, -0.2) is 0 Å². The maximum atomic E-state index is 13.5. The van der Waals surface area contributed by atoms with Gasteiger partial charge in [-0.15, -0.1) is 0 Å². The maximum Gasteiger partial charge on any atom is 0.306 e. The summed E-state index contributed by atoms with van der Waals surface area (Å²) in [7, 11) is 10.5. The molecule has 14 nitrogen and oxygen atoms in total. The third-order valence-corrected chi connectivity index (χ3v) is 9.71. The summed E-state index contributed by atoms with van der Waals surface area (Å²) in [5, 5.41) is 11.8. The van der Waals surface area contributed by atoms with Gasteiger partial charge in [-0.05, 0) is 71.6 Å². The number of esters is 1. The van der Waals surface area contributed by atoms with Crippen molar-refractivity contribution in [2.45, 2.75) is 31.3 Å². The van der Waals surface area contributed by atoms with Gasteiger partial charge < -0.3 is 47.7 Å². The van der Waals surface area contributed by atoms with Crippen LogP contribution < -0.4 is 39.4 Å². The van der Waals surface area contributed by atoms with Crippen molar-refractivity contribution in [3.63, 3.8) is 0 Å². The van der Waals surface area contributed by atoms with Gasteiger partial charge >= 0.3 is 5.97 Å². The number of nitrogens with zero attached hydrogens (tertiary/aromatic N) is 1. The number of aromatic hydroxyl groups is 1. The van der Waals surface area contributed by atoms with E-state index < -0.39 is 41.1 Å². The lowest BCUT2D eigenvalue weighted by Crippen LogP contribution is -2.36. The fourth-order valence-corrected chi connectivity index (χ4v) is 7.07. The van der Waals surface area contributed by atoms with Crippen molar-refractivity contribution < 1.29 is 47.5 Å². The van der Waals surface area contributed by atoms with Crippen LogP contribution in [0.25, 0.3) is 10.9 Å². The summed E-state index contributed by atoms with van der Waals surface area (Å²) in [5.41, 5.74) is 2.03. The number of H-pyrrole nitrogens is 1. The number of rotatable bonds is 13. The number of carbonyl (C=O) groups excluding carboxylic acids is 1. The molecule has 0 saturated heterocycles. The second-order valence-electron chi connectivity index (χ2n) is 12.6. The molecule has 2 atom stereocenters. The van der Waals surface area contributed by atoms with Crippen LogP contribution in [-0.2, 0) is 22.5 Å². The van der Waals surface area contributed by atoms with E-state index in [9.17, 15) is 19.5 Å². The van der Waals surface area contributed by atoms with Crippen molar-refractivity contribution in [1.29, 1.82) is 0 Å². The van der Waals surface area contributed by atoms with Crippen LogP contribution in [-0.4, -0.2) is 77.3 Å². The van der Waals surface area contributed by atoms with Gasteiger partial charge in [0, 0.05) is 29.1 Å². The second-order valence-corrected chi connectivity index (χ2v) is 12.6. The Morgan fingerprint density at radius 3 is 2.17 bits per heavy atom. The fourth-order valence-electron chi connectivity index (χ4n) is 7.07. The molecule has 0 radical (unpaired) electrons. The number of benzene rings is 3. The number of carbonyl (C=O) groups is 1. The Morgan fingerprint density at radius 2 is 1.54 bits per heavy atom. The lowest BCUT2D eigenvalue weighted by atomic mass is 9.87. The highest BCUT2D eigenvalue weighted by atomic mass is 16.5. The molecule has 54 heavy (non-hydrogen) atoms. The molecule has 0 bridgehead atoms. The summed E-state index contributed by atoms with van der Waals surface area (Å²) >= 11 is 0. The van der Waals surface area contributed by atoms with E-state index in [4.69, 9.17) is 37.6 Å². The predicted molar refractivity (Wildman–Crippen MR) is 198 cm³/mol. The number of nitrogens with one attached hydrogen (secondary N) is 1. The molecule has 0 fully saturated rings. The molecule has 2 unspecified atom stereocenters. The van der Waals surface area contributed by atoms with E-state index in [1.165, 1.54) is 41.6 Å². The number of aromatic amines is 1. The Hall–Kier alpha value is -6.15. The molecule has 0 spiro atoms. The molecule has 3 heterocycles. The van der Waals surface area contributed by atoms with Crippen molar-refractivity contribution in [2.24, 2.45) is 0 Å². The van der Waals surface area contributed by atoms with Gasteiger partial charge in [0.15, 0.2) is 28.8 Å². The maximum absolute atomic E-state index is 13.5. The van der Waals surface area contributed by atoms with Gasteiger partial charge in [0.1, 0.15) is 11.5 Å². The number of ether oxygens (including phenoxy) is 7. The van der Waals surface area contributed by atoms with E-state index in [1.54, 1.807) is 38.5 Å². The quantitative estimate of drug-likeness (QED) is 0.153. The van der Waals surface area contributed by atoms with Crippen LogP contribution in [0.5, 0.6) is 40.2 Å². The molecule has 284 valence electrons. The first kappa shape index (κ1) is 37.6. The van der Waals surface area contributed by atoms with Crippen LogP contribution in [0.3, 0.4) is 0 Å². The molecule has 5 aromatic rings. The van der Waals surface area contributed by atoms with Crippen LogP contribution in [0.1, 0.15) is 52.2 Å². The number of aromatic nitrogens is 1. The summed E-state index contributed by atoms with van der Waals surface area (Å²) in [6.45, 7) is 0.579. The highest BCUT2D eigenvalue weighted by molar-refractivity contribution is 5.81. The molecule has 2 N–H and O–H groups in total. The Kier molecular flexibility index (Phi) is 11.0. The Morgan fingerprint density at radius 1 is 0.852 bits per heavy atom. The standard InChI is InChI=1S/C40H42N2O12/c1-47-24-8-9-29-22(12-24)13-28(40(46)41-29)27(19-35(44)52-6)38-37(45)30(43)17-25(54-38)20-42-11-10-21-14-31(48-2)32(49-3)18-26(21)36(42)23-15-33(50-4)39(53-7)34(16-23)51-5/h8-9,12-18,27,36,45H,10-11,19-20H2,1-7H3,(H,41,46). The average Bonchev–Trinajstić information content (AvgIpc) is 3.19. The molecular formula is C40H42N2O12. The fraction of sp³-hybridized carbons (Fsp3) is 0.325. The van der Waals surface area contributed by atoms with Gasteiger partial charge in [0.05, 0.1) is 74.7 Å². The highest BCUT2D eigenvalue weighted by Crippen LogP contribution is 2.46. The Balaban J connectivity index is 1.50. The summed E-state index contributed by atoms with van der Waals surface area (Å²) in [6, 6.07) is 15.0. The molecule has 1 aliphatic rings. The number of hydrogen-bond acceptors (Lipinski definition) is 13. The zero-order chi connectivity index (χ0) is 38.7. The van der Waals surface area contributed by atoms with E-state index in [-0.39, 0.29) is 23.6 Å². The number of methoxy groups -OCH3 is 7. The number of hydrogen-bond donors (Lipinski definition) is 2. The minimum atomic E-state index is -1.19. The smallest absolute Gasteiger partial charge is 0.306 e. The van der Waals surface area contributed by atoms with Crippen molar-refractivity contribution >= 4 is 16.9 Å². The molecule has 0 saturated carbocycles. The molecule has 3 aromatic carbocycles. The Bertz CT molecular complexity index is 2290. The minimum absolute atomic E-state index is 0.0772. The summed E-state index contributed by atoms with van der Waals surface area (Å²) in [4.78, 5) is 44.7. The van der Waals surface area contributed by atoms with Crippen LogP contribution in [0, 0.1) is 0 Å². The molecule has 1 aliphatic heterocycles. The van der Waals surface area contributed by atoms with E-state index in [2.05, 4.69) is 9.88 Å². The summed E-state index contributed by atoms with van der Waals surface area (Å²) < 4.78 is 45.0. The van der Waals surface area contributed by atoms with Crippen LogP contribution in [0.2, 0.25) is 0 Å². The summed E-state index contributed by atoms with van der Waals surface area (Å²) in [6.07, 6.45) is 0.203. The van der Waals surface area contributed by atoms with Gasteiger partial charge in [-0.3, -0.25) is 19.3 Å². The Labute approximate surface area is 310 Å². The van der Waals surface area contributed by atoms with E-state index in [0.29, 0.717) is 58.4 Å². The van der Waals surface area contributed by atoms with E-state index in [1.807, 2.05) is 24.3 Å². The summed E-state index contributed by atoms with van der Waals surface area (Å²) in [5.74, 6) is 0.314. The third-order valence-electron chi connectivity index (χ3n) is 9.71. The molecule has 2 aromatic heterocycles. The molecule has 0 amide bonds. The first-order valence-corrected chi connectivity index (χ1v) is 17.0. The van der Waals surface area contributed by atoms with Gasteiger partial charge in [-0.1, -0.05) is 0 Å². The third kappa shape index (κ3) is 7.12. The van der Waals surface area contributed by atoms with Crippen molar-refractivity contribution in [1.82, 2.24) is 9.88 Å². The zero-order valence-corrected chi connectivity index (χ0v) is 31.1. The molecule has 0 aliphatic carbocycles. The highest BCUT2D eigenvalue weighted by Gasteiger charge is 2.34. The van der Waals surface area contributed by atoms with Gasteiger partial charge in [0.25, 0.3) is 5.56 Å². The average molecular weight is 743 g/mol. The van der Waals surface area contributed by atoms with Crippen LogP contribution in [0.15, 0.2) is 68.6 Å². The first-order chi connectivity index (χ1) is 26.1. The normalized spacial score (nSPS) is 14.5. The van der Waals surface area contributed by atoms with Crippen LogP contribution in [0.4, 0.5) is 0 Å². The number of pyridine rings is 1. The molecular weight excluding hydrogens is 700 g/mol. The van der Waals surface area contributed by atoms with Crippen molar-refractivity contribution in [2.75, 3.05) is 56.3 Å². The van der Waals surface area contributed by atoms with E-state index in [0.717, 1.165) is 16.7 Å². The SMILES string of the molecule is COC(=O)CC(c1oc(CN2CCc3cc(OC)c(OC)cc3C2c2cc(OC)c(OC)c(OC)c2)cc(=O)c1O)c1cc2cc(OC)ccc2[nH]c1=O. The van der Waals surface area contributed by atoms with Gasteiger partial charge in [-0.2, -0.15) is 0 Å². The lowest BCUT2D eigenvalue weighted by Gasteiger charge is -2.38. The van der Waals surface area contributed by atoms with Crippen molar-refractivity contribution in [3.05, 3.63) is 109 Å². The monoisotopic (exact) mass is 742 g/mol. The van der Waals surface area contributed by atoms with Crippen molar-refractivity contribution in [3.8, 4) is 40.2 Å².